The highest BCUT2D eigenvalue weighted by atomic mass is 16.5. The summed E-state index contributed by atoms with van der Waals surface area (Å²) in [6.07, 6.45) is 3.48. The topological polar surface area (TPSA) is 38.5 Å². The maximum absolute atomic E-state index is 6.15. The summed E-state index contributed by atoms with van der Waals surface area (Å²) in [5.41, 5.74) is 7.27. The fourth-order valence-electron chi connectivity index (χ4n) is 2.40. The smallest absolute Gasteiger partial charge is 0.124 e. The predicted octanol–water partition coefficient (Wildman–Crippen LogP) is 2.57. The molecule has 2 rings (SSSR count). The van der Waals surface area contributed by atoms with E-state index in [1.165, 1.54) is 0 Å². The van der Waals surface area contributed by atoms with Crippen molar-refractivity contribution < 1.29 is 4.74 Å². The van der Waals surface area contributed by atoms with Crippen LogP contribution in [0.15, 0.2) is 24.3 Å². The lowest BCUT2D eigenvalue weighted by atomic mass is 10.0. The highest BCUT2D eigenvalue weighted by Gasteiger charge is 2.19. The van der Waals surface area contributed by atoms with Gasteiger partial charge >= 0.3 is 0 Å². The molecule has 100 valence electrons. The monoisotopic (exact) mass is 248 g/mol. The van der Waals surface area contributed by atoms with Crippen molar-refractivity contribution >= 4 is 0 Å². The van der Waals surface area contributed by atoms with E-state index in [4.69, 9.17) is 10.5 Å². The molecule has 3 heteroatoms. The third kappa shape index (κ3) is 3.24. The summed E-state index contributed by atoms with van der Waals surface area (Å²) in [6, 6.07) is 8.26. The molecule has 1 aliphatic heterocycles. The van der Waals surface area contributed by atoms with Gasteiger partial charge in [0.1, 0.15) is 11.9 Å². The molecule has 3 nitrogen and oxygen atoms in total. The molecule has 0 spiro atoms. The van der Waals surface area contributed by atoms with Crippen LogP contribution in [0.1, 0.15) is 37.8 Å². The Hall–Kier alpha value is -1.06. The third-order valence-corrected chi connectivity index (χ3v) is 3.72. The maximum atomic E-state index is 6.15. The van der Waals surface area contributed by atoms with Gasteiger partial charge in [0.25, 0.3) is 0 Å². The van der Waals surface area contributed by atoms with E-state index in [1.807, 2.05) is 18.2 Å². The average Bonchev–Trinajstić information content (AvgIpc) is 2.41. The number of rotatable bonds is 4. The fourth-order valence-corrected chi connectivity index (χ4v) is 2.40. The van der Waals surface area contributed by atoms with Gasteiger partial charge in [-0.15, -0.1) is 0 Å². The molecule has 1 fully saturated rings. The molecule has 0 amide bonds. The molecule has 0 radical (unpaired) electrons. The van der Waals surface area contributed by atoms with Crippen molar-refractivity contribution in [2.24, 2.45) is 5.73 Å². The molecule has 0 saturated carbocycles. The van der Waals surface area contributed by atoms with E-state index in [0.717, 1.165) is 43.7 Å². The van der Waals surface area contributed by atoms with Crippen molar-refractivity contribution in [2.75, 3.05) is 20.1 Å². The number of nitrogens with two attached hydrogens (primary N) is 1. The molecule has 0 aromatic heterocycles. The largest absolute Gasteiger partial charge is 0.490 e. The quantitative estimate of drug-likeness (QED) is 0.890. The zero-order valence-electron chi connectivity index (χ0n) is 11.4. The number of hydrogen-bond acceptors (Lipinski definition) is 3. The Labute approximate surface area is 110 Å². The molecule has 0 unspecified atom stereocenters. The van der Waals surface area contributed by atoms with Gasteiger partial charge in [-0.05, 0) is 32.4 Å². The van der Waals surface area contributed by atoms with E-state index in [-0.39, 0.29) is 6.04 Å². The molecule has 1 atom stereocenters. The molecule has 18 heavy (non-hydrogen) atoms. The third-order valence-electron chi connectivity index (χ3n) is 3.72. The SMILES string of the molecule is CC[C@H](N)c1ccccc1OC1CCN(C)CC1. The van der Waals surface area contributed by atoms with Crippen molar-refractivity contribution in [1.82, 2.24) is 4.90 Å². The Morgan fingerprint density at radius 3 is 2.67 bits per heavy atom. The Balaban J connectivity index is 2.04. The van der Waals surface area contributed by atoms with Crippen molar-refractivity contribution in [2.45, 2.75) is 38.3 Å². The van der Waals surface area contributed by atoms with Crippen molar-refractivity contribution in [3.8, 4) is 5.75 Å². The lowest BCUT2D eigenvalue weighted by molar-refractivity contribution is 0.113. The highest BCUT2D eigenvalue weighted by Crippen LogP contribution is 2.27. The van der Waals surface area contributed by atoms with Gasteiger partial charge in [-0.25, -0.2) is 0 Å². The Bertz CT molecular complexity index is 373. The zero-order chi connectivity index (χ0) is 13.0. The van der Waals surface area contributed by atoms with E-state index in [2.05, 4.69) is 24.9 Å². The Morgan fingerprint density at radius 1 is 1.33 bits per heavy atom. The van der Waals surface area contributed by atoms with Gasteiger partial charge in [0.15, 0.2) is 0 Å². The lowest BCUT2D eigenvalue weighted by Crippen LogP contribution is -2.35. The molecule has 0 aliphatic carbocycles. The van der Waals surface area contributed by atoms with Gasteiger partial charge in [0, 0.05) is 24.7 Å². The minimum absolute atomic E-state index is 0.0764. The first-order valence-electron chi connectivity index (χ1n) is 6.90. The minimum Gasteiger partial charge on any atom is -0.490 e. The molecule has 1 heterocycles. The number of likely N-dealkylation sites (tertiary alicyclic amines) is 1. The highest BCUT2D eigenvalue weighted by molar-refractivity contribution is 5.35. The Kier molecular flexibility index (Phi) is 4.61. The van der Waals surface area contributed by atoms with Gasteiger partial charge in [-0.2, -0.15) is 0 Å². The van der Waals surface area contributed by atoms with Gasteiger partial charge in [0.2, 0.25) is 0 Å². The summed E-state index contributed by atoms with van der Waals surface area (Å²) < 4.78 is 6.15. The molecule has 0 bridgehead atoms. The summed E-state index contributed by atoms with van der Waals surface area (Å²) in [6.45, 7) is 4.34. The molecule has 1 aromatic rings. The number of piperidine rings is 1. The molecule has 1 saturated heterocycles. The second kappa shape index (κ2) is 6.21. The van der Waals surface area contributed by atoms with Crippen molar-refractivity contribution in [1.29, 1.82) is 0 Å². The standard InChI is InChI=1S/C15H24N2O/c1-3-14(16)13-6-4-5-7-15(13)18-12-8-10-17(2)11-9-12/h4-7,12,14H,3,8-11,16H2,1-2H3/t14-/m0/s1. The summed E-state index contributed by atoms with van der Waals surface area (Å²) in [4.78, 5) is 2.35. The molecule has 1 aliphatic rings. The number of ether oxygens (including phenoxy) is 1. The maximum Gasteiger partial charge on any atom is 0.124 e. The summed E-state index contributed by atoms with van der Waals surface area (Å²) in [5.74, 6) is 0.974. The van der Waals surface area contributed by atoms with E-state index >= 15 is 0 Å². The van der Waals surface area contributed by atoms with Gasteiger partial charge < -0.3 is 15.4 Å². The molecule has 1 aromatic carbocycles. The number of benzene rings is 1. The number of hydrogen-bond donors (Lipinski definition) is 1. The van der Waals surface area contributed by atoms with Crippen LogP contribution in [0.2, 0.25) is 0 Å². The van der Waals surface area contributed by atoms with E-state index in [0.29, 0.717) is 6.10 Å². The minimum atomic E-state index is 0.0764. The van der Waals surface area contributed by atoms with Crippen LogP contribution in [-0.4, -0.2) is 31.1 Å². The average molecular weight is 248 g/mol. The van der Waals surface area contributed by atoms with E-state index < -0.39 is 0 Å². The first-order chi connectivity index (χ1) is 8.70. The normalized spacial score (nSPS) is 19.7. The van der Waals surface area contributed by atoms with Crippen LogP contribution in [0, 0.1) is 0 Å². The zero-order valence-corrected chi connectivity index (χ0v) is 11.4. The van der Waals surface area contributed by atoms with Gasteiger partial charge in [-0.3, -0.25) is 0 Å². The fraction of sp³-hybridized carbons (Fsp3) is 0.600. The molecular weight excluding hydrogens is 224 g/mol. The predicted molar refractivity (Wildman–Crippen MR) is 74.8 cm³/mol. The summed E-state index contributed by atoms with van der Waals surface area (Å²) in [5, 5.41) is 0. The number of para-hydroxylation sites is 1. The van der Waals surface area contributed by atoms with Crippen LogP contribution < -0.4 is 10.5 Å². The van der Waals surface area contributed by atoms with Crippen LogP contribution >= 0.6 is 0 Å². The number of nitrogens with zero attached hydrogens (tertiary/aromatic N) is 1. The van der Waals surface area contributed by atoms with Crippen LogP contribution in [0.25, 0.3) is 0 Å². The second-order valence-corrected chi connectivity index (χ2v) is 5.17. The van der Waals surface area contributed by atoms with Crippen LogP contribution in [0.5, 0.6) is 5.75 Å². The second-order valence-electron chi connectivity index (χ2n) is 5.17. The Morgan fingerprint density at radius 2 is 2.00 bits per heavy atom. The van der Waals surface area contributed by atoms with Crippen LogP contribution in [0.3, 0.4) is 0 Å². The van der Waals surface area contributed by atoms with Gasteiger partial charge in [0.05, 0.1) is 0 Å². The van der Waals surface area contributed by atoms with Crippen molar-refractivity contribution in [3.05, 3.63) is 29.8 Å². The van der Waals surface area contributed by atoms with Crippen LogP contribution in [0.4, 0.5) is 0 Å². The van der Waals surface area contributed by atoms with Crippen LogP contribution in [-0.2, 0) is 0 Å². The first-order valence-corrected chi connectivity index (χ1v) is 6.90. The van der Waals surface area contributed by atoms with E-state index in [9.17, 15) is 0 Å². The summed E-state index contributed by atoms with van der Waals surface area (Å²) in [7, 11) is 2.16. The molecular formula is C15H24N2O. The van der Waals surface area contributed by atoms with E-state index in [1.54, 1.807) is 0 Å². The molecule has 2 N–H and O–H groups in total. The lowest BCUT2D eigenvalue weighted by Gasteiger charge is -2.30. The van der Waals surface area contributed by atoms with Crippen molar-refractivity contribution in [3.63, 3.8) is 0 Å². The first kappa shape index (κ1) is 13.4. The summed E-state index contributed by atoms with van der Waals surface area (Å²) >= 11 is 0. The van der Waals surface area contributed by atoms with Gasteiger partial charge in [-0.1, -0.05) is 25.1 Å².